The van der Waals surface area contributed by atoms with Crippen molar-refractivity contribution >= 4 is 34.0 Å². The topological polar surface area (TPSA) is 65.7 Å². The number of hydrogen-bond donors (Lipinski definition) is 0. The smallest absolute Gasteiger partial charge is 0.291 e. The Kier molecular flexibility index (Phi) is 7.62. The van der Waals surface area contributed by atoms with Gasteiger partial charge in [0.2, 0.25) is 4.96 Å². The fraction of sp³-hybridized carbons (Fsp3) is 0.320. The van der Waals surface area contributed by atoms with Gasteiger partial charge < -0.3 is 9.47 Å². The number of thiazole rings is 1. The molecule has 172 valence electrons. The Hall–Kier alpha value is -2.90. The molecular weight excluding hydrogens is 458 g/mol. The summed E-state index contributed by atoms with van der Waals surface area (Å²) in [6, 6.07) is 12.9. The van der Waals surface area contributed by atoms with Crippen LogP contribution in [-0.2, 0) is 0 Å². The molecule has 4 aromatic rings. The summed E-state index contributed by atoms with van der Waals surface area (Å²) in [5.41, 5.74) is 1.46. The molecule has 0 saturated heterocycles. The third-order valence-corrected chi connectivity index (χ3v) is 6.49. The highest BCUT2D eigenvalue weighted by Gasteiger charge is 2.12. The Bertz CT molecular complexity index is 1330. The second-order valence-corrected chi connectivity index (χ2v) is 9.17. The van der Waals surface area contributed by atoms with Gasteiger partial charge in [-0.25, -0.2) is 0 Å². The summed E-state index contributed by atoms with van der Waals surface area (Å²) in [4.78, 5) is 17.9. The number of nitrogens with zero attached hydrogens (tertiary/aromatic N) is 3. The van der Waals surface area contributed by atoms with E-state index in [1.165, 1.54) is 41.5 Å². The van der Waals surface area contributed by atoms with Gasteiger partial charge in [-0.2, -0.15) is 9.50 Å². The van der Waals surface area contributed by atoms with Gasteiger partial charge in [-0.3, -0.25) is 4.79 Å². The van der Waals surface area contributed by atoms with Gasteiger partial charge >= 0.3 is 0 Å². The van der Waals surface area contributed by atoms with Crippen LogP contribution in [0, 0.1) is 0 Å². The molecule has 6 nitrogen and oxygen atoms in total. The molecule has 8 heteroatoms. The molecular formula is C25H26ClN3O3S. The van der Waals surface area contributed by atoms with Crippen molar-refractivity contribution in [3.05, 3.63) is 67.9 Å². The molecule has 0 spiro atoms. The van der Waals surface area contributed by atoms with Crippen molar-refractivity contribution < 1.29 is 9.47 Å². The monoisotopic (exact) mass is 483 g/mol. The summed E-state index contributed by atoms with van der Waals surface area (Å²) in [7, 11) is 1.62. The van der Waals surface area contributed by atoms with E-state index < -0.39 is 0 Å². The molecule has 2 aromatic heterocycles. The lowest BCUT2D eigenvalue weighted by molar-refractivity contribution is 0.285. The Morgan fingerprint density at radius 2 is 1.85 bits per heavy atom. The van der Waals surface area contributed by atoms with Crippen molar-refractivity contribution in [1.82, 2.24) is 14.6 Å². The zero-order valence-corrected chi connectivity index (χ0v) is 20.3. The van der Waals surface area contributed by atoms with E-state index in [0.717, 1.165) is 17.5 Å². The molecule has 0 aliphatic carbocycles. The van der Waals surface area contributed by atoms with Crippen LogP contribution in [0.2, 0.25) is 5.02 Å². The maximum absolute atomic E-state index is 12.9. The number of aromatic nitrogens is 3. The Morgan fingerprint density at radius 3 is 2.58 bits per heavy atom. The molecule has 0 saturated carbocycles. The molecule has 0 N–H and O–H groups in total. The first kappa shape index (κ1) is 23.3. The van der Waals surface area contributed by atoms with E-state index in [9.17, 15) is 4.79 Å². The lowest BCUT2D eigenvalue weighted by Crippen LogP contribution is -2.23. The van der Waals surface area contributed by atoms with Crippen LogP contribution in [0.15, 0.2) is 47.3 Å². The number of rotatable bonds is 10. The Morgan fingerprint density at radius 1 is 1.06 bits per heavy atom. The van der Waals surface area contributed by atoms with E-state index in [-0.39, 0.29) is 5.56 Å². The van der Waals surface area contributed by atoms with Crippen LogP contribution in [0.4, 0.5) is 0 Å². The third-order valence-electron chi connectivity index (χ3n) is 5.28. The van der Waals surface area contributed by atoms with E-state index >= 15 is 0 Å². The highest BCUT2D eigenvalue weighted by atomic mass is 35.5. The molecule has 33 heavy (non-hydrogen) atoms. The van der Waals surface area contributed by atoms with Crippen LogP contribution in [0.25, 0.3) is 22.4 Å². The molecule has 0 radical (unpaired) electrons. The van der Waals surface area contributed by atoms with Crippen LogP contribution >= 0.6 is 22.9 Å². The Labute approximate surface area is 201 Å². The van der Waals surface area contributed by atoms with Crippen molar-refractivity contribution in [2.75, 3.05) is 13.7 Å². The lowest BCUT2D eigenvalue weighted by atomic mass is 10.1. The molecule has 2 aromatic carbocycles. The van der Waals surface area contributed by atoms with Gasteiger partial charge in [0.15, 0.2) is 17.3 Å². The summed E-state index contributed by atoms with van der Waals surface area (Å²) in [6.07, 6.45) is 7.75. The van der Waals surface area contributed by atoms with E-state index in [1.807, 2.05) is 36.4 Å². The number of ether oxygens (including phenoxy) is 2. The molecule has 0 fully saturated rings. The predicted molar refractivity (Wildman–Crippen MR) is 134 cm³/mol. The van der Waals surface area contributed by atoms with Crippen LogP contribution < -0.4 is 19.6 Å². The summed E-state index contributed by atoms with van der Waals surface area (Å²) in [5.74, 6) is 1.86. The van der Waals surface area contributed by atoms with Gasteiger partial charge in [0, 0.05) is 10.6 Å². The SMILES string of the molecule is CCCCCCCOc1ccc(C=c2sc3nc(-c4ccc(Cl)cc4)nn3c2=O)cc1OC. The molecule has 0 atom stereocenters. The fourth-order valence-corrected chi connectivity index (χ4v) is 4.52. The third kappa shape index (κ3) is 5.54. The molecule has 0 bridgehead atoms. The first-order chi connectivity index (χ1) is 16.1. The van der Waals surface area contributed by atoms with Crippen LogP contribution in [-0.4, -0.2) is 28.3 Å². The normalized spacial score (nSPS) is 11.9. The van der Waals surface area contributed by atoms with Crippen molar-refractivity contribution in [2.24, 2.45) is 0 Å². The van der Waals surface area contributed by atoms with Gasteiger partial charge in [0.1, 0.15) is 0 Å². The second-order valence-electron chi connectivity index (χ2n) is 7.73. The maximum atomic E-state index is 12.9. The number of fused-ring (bicyclic) bond motifs is 1. The largest absolute Gasteiger partial charge is 0.493 e. The van der Waals surface area contributed by atoms with Crippen molar-refractivity contribution in [3.8, 4) is 22.9 Å². The Balaban J connectivity index is 1.52. The zero-order chi connectivity index (χ0) is 23.2. The molecule has 0 aliphatic rings. The lowest BCUT2D eigenvalue weighted by Gasteiger charge is -2.11. The summed E-state index contributed by atoms with van der Waals surface area (Å²) in [6.45, 7) is 2.87. The summed E-state index contributed by atoms with van der Waals surface area (Å²) < 4.78 is 13.3. The number of methoxy groups -OCH3 is 1. The van der Waals surface area contributed by atoms with E-state index in [2.05, 4.69) is 17.0 Å². The van der Waals surface area contributed by atoms with Gasteiger partial charge in [-0.15, -0.1) is 5.10 Å². The van der Waals surface area contributed by atoms with Crippen LogP contribution in [0.5, 0.6) is 11.5 Å². The maximum Gasteiger partial charge on any atom is 0.291 e. The molecule has 0 unspecified atom stereocenters. The fourth-order valence-electron chi connectivity index (χ4n) is 3.49. The van der Waals surface area contributed by atoms with Crippen molar-refractivity contribution in [2.45, 2.75) is 39.0 Å². The van der Waals surface area contributed by atoms with E-state index in [0.29, 0.717) is 38.4 Å². The van der Waals surface area contributed by atoms with Gasteiger partial charge in [-0.1, -0.05) is 61.6 Å². The van der Waals surface area contributed by atoms with Crippen LogP contribution in [0.1, 0.15) is 44.6 Å². The second kappa shape index (κ2) is 10.8. The number of unbranched alkanes of at least 4 members (excludes halogenated alkanes) is 4. The summed E-state index contributed by atoms with van der Waals surface area (Å²) in [5, 5.41) is 5.02. The van der Waals surface area contributed by atoms with Gasteiger partial charge in [0.05, 0.1) is 18.2 Å². The number of hydrogen-bond acceptors (Lipinski definition) is 6. The minimum absolute atomic E-state index is 0.200. The van der Waals surface area contributed by atoms with Gasteiger partial charge in [0.25, 0.3) is 5.56 Å². The average molecular weight is 484 g/mol. The molecule has 4 rings (SSSR count). The highest BCUT2D eigenvalue weighted by molar-refractivity contribution is 7.15. The minimum Gasteiger partial charge on any atom is -0.493 e. The molecule has 0 amide bonds. The number of halogens is 1. The molecule has 2 heterocycles. The van der Waals surface area contributed by atoms with Crippen LogP contribution in [0.3, 0.4) is 0 Å². The van der Waals surface area contributed by atoms with Gasteiger partial charge in [-0.05, 0) is 54.5 Å². The average Bonchev–Trinajstić information content (AvgIpc) is 3.36. The predicted octanol–water partition coefficient (Wildman–Crippen LogP) is 5.38. The minimum atomic E-state index is -0.200. The standard InChI is InChI=1S/C25H26ClN3O3S/c1-3-4-5-6-7-14-32-20-13-8-17(15-21(20)31-2)16-22-24(30)29-25(33-22)27-23(28-29)18-9-11-19(26)12-10-18/h8-13,15-16H,3-7,14H2,1-2H3. The highest BCUT2D eigenvalue weighted by Crippen LogP contribution is 2.28. The summed E-state index contributed by atoms with van der Waals surface area (Å²) >= 11 is 7.25. The quantitative estimate of drug-likeness (QED) is 0.283. The number of benzene rings is 2. The van der Waals surface area contributed by atoms with E-state index in [4.69, 9.17) is 21.1 Å². The zero-order valence-electron chi connectivity index (χ0n) is 18.7. The molecule has 0 aliphatic heterocycles. The first-order valence-electron chi connectivity index (χ1n) is 11.1. The van der Waals surface area contributed by atoms with Crippen molar-refractivity contribution in [1.29, 1.82) is 0 Å². The first-order valence-corrected chi connectivity index (χ1v) is 12.3. The van der Waals surface area contributed by atoms with Crippen molar-refractivity contribution in [3.63, 3.8) is 0 Å². The van der Waals surface area contributed by atoms with E-state index in [1.54, 1.807) is 19.2 Å².